The first-order chi connectivity index (χ1) is 28.6. The number of rotatable bonds is 17. The van der Waals surface area contributed by atoms with E-state index in [-0.39, 0.29) is 69.9 Å². The van der Waals surface area contributed by atoms with Gasteiger partial charge in [-0.15, -0.1) is 0 Å². The van der Waals surface area contributed by atoms with Crippen molar-refractivity contribution in [3.63, 3.8) is 0 Å². The largest absolute Gasteiger partial charge is 0.493 e. The highest BCUT2D eigenvalue weighted by atomic mass is 28.4. The maximum Gasteiger partial charge on any atom is 0.412 e. The van der Waals surface area contributed by atoms with Gasteiger partial charge in [0.15, 0.2) is 39.6 Å². The monoisotopic (exact) mass is 901 g/mol. The molecule has 2 heterocycles. The molecule has 2 aromatic carbocycles. The Hall–Kier alpha value is -4.00. The van der Waals surface area contributed by atoms with Gasteiger partial charge in [-0.05, 0) is 94.9 Å². The van der Waals surface area contributed by atoms with Crippen molar-refractivity contribution in [2.45, 2.75) is 148 Å². The minimum Gasteiger partial charge on any atom is -0.493 e. The fraction of sp³-hybridized carbons (Fsp3) is 0.674. The summed E-state index contributed by atoms with van der Waals surface area (Å²) in [7, 11) is -1.06. The van der Waals surface area contributed by atoms with Crippen molar-refractivity contribution in [1.82, 2.24) is 9.80 Å². The number of hydrogen-bond acceptors (Lipinski definition) is 10. The smallest absolute Gasteiger partial charge is 0.412 e. The molecule has 4 rings (SSSR count). The molecule has 14 nitrogen and oxygen atoms in total. The van der Waals surface area contributed by atoms with Crippen molar-refractivity contribution < 1.29 is 47.3 Å². The van der Waals surface area contributed by atoms with Crippen molar-refractivity contribution in [3.8, 4) is 23.0 Å². The molecule has 2 fully saturated rings. The van der Waals surface area contributed by atoms with E-state index in [4.69, 9.17) is 33.5 Å². The number of anilines is 2. The van der Waals surface area contributed by atoms with Crippen molar-refractivity contribution in [2.24, 2.45) is 0 Å². The van der Waals surface area contributed by atoms with Gasteiger partial charge in [0.25, 0.3) is 11.8 Å². The lowest BCUT2D eigenvalue weighted by atomic mass is 10.0. The molecule has 348 valence electrons. The van der Waals surface area contributed by atoms with Crippen LogP contribution in [0.4, 0.5) is 16.2 Å². The number of amides is 3. The van der Waals surface area contributed by atoms with E-state index in [1.54, 1.807) is 45.0 Å². The molecule has 2 unspecified atom stereocenters. The van der Waals surface area contributed by atoms with Crippen molar-refractivity contribution in [1.29, 1.82) is 0 Å². The Morgan fingerprint density at radius 3 is 1.52 bits per heavy atom. The van der Waals surface area contributed by atoms with Gasteiger partial charge in [-0.1, -0.05) is 41.5 Å². The number of benzene rings is 2. The van der Waals surface area contributed by atoms with Crippen LogP contribution in [0.25, 0.3) is 0 Å². The zero-order chi connectivity index (χ0) is 46.6. The van der Waals surface area contributed by atoms with Gasteiger partial charge < -0.3 is 48.4 Å². The fourth-order valence-corrected chi connectivity index (χ4v) is 9.37. The minimum atomic E-state index is -2.08. The minimum absolute atomic E-state index is 0.0185. The van der Waals surface area contributed by atoms with E-state index in [1.807, 2.05) is 9.80 Å². The van der Waals surface area contributed by atoms with Gasteiger partial charge in [0.2, 0.25) is 0 Å². The standard InChI is InChI=1S/C46H76N4O10Si2/c1-44(2,3)50(43(53)54)36-28-40(38(56-11)26-34(36)42(52)49-22-17-20-32(49)30-60-62(14,15)46(7,8)9)58-24-18-23-57-39-27-35(47)33(25-37(39)55-10)41(51)48-21-16-19-31(48)29-59-61(12,13)45(4,5)6/h25-28,31-32H,16-24,29-30,47H2,1-15H3,(H,53,54). The van der Waals surface area contributed by atoms with Crippen molar-refractivity contribution in [2.75, 3.05) is 64.4 Å². The molecule has 2 aromatic rings. The van der Waals surface area contributed by atoms with Gasteiger partial charge in [0.05, 0.1) is 69.5 Å². The maximum absolute atomic E-state index is 14.5. The van der Waals surface area contributed by atoms with E-state index >= 15 is 0 Å². The summed E-state index contributed by atoms with van der Waals surface area (Å²) < 4.78 is 36.8. The summed E-state index contributed by atoms with van der Waals surface area (Å²) in [5.41, 5.74) is 6.65. The predicted octanol–water partition coefficient (Wildman–Crippen LogP) is 9.67. The lowest BCUT2D eigenvalue weighted by molar-refractivity contribution is 0.0678. The topological polar surface area (TPSA) is 163 Å². The van der Waals surface area contributed by atoms with Crippen LogP contribution in [0.1, 0.15) is 115 Å². The SMILES string of the molecule is COc1cc(C(=O)N2CCCC2CO[Si](C)(C)C(C)(C)C)c(N)cc1OCCCOc1cc(N(C(=O)O)C(C)(C)C)c(C(=O)N2CCCC2CO[Si](C)(C)C(C)(C)C)cc1OC. The highest BCUT2D eigenvalue weighted by Gasteiger charge is 2.42. The highest BCUT2D eigenvalue weighted by molar-refractivity contribution is 6.74. The first kappa shape index (κ1) is 50.6. The van der Waals surface area contributed by atoms with Gasteiger partial charge in [-0.3, -0.25) is 14.5 Å². The molecule has 2 aliphatic rings. The van der Waals surface area contributed by atoms with Crippen molar-refractivity contribution in [3.05, 3.63) is 35.4 Å². The molecule has 0 saturated carbocycles. The Kier molecular flexibility index (Phi) is 16.2. The molecule has 0 spiro atoms. The molecule has 0 radical (unpaired) electrons. The van der Waals surface area contributed by atoms with Crippen LogP contribution < -0.4 is 29.6 Å². The molecule has 62 heavy (non-hydrogen) atoms. The van der Waals surface area contributed by atoms with Crippen LogP contribution >= 0.6 is 0 Å². The number of likely N-dealkylation sites (tertiary alicyclic amines) is 2. The quantitative estimate of drug-likeness (QED) is 0.0883. The predicted molar refractivity (Wildman–Crippen MR) is 251 cm³/mol. The number of carboxylic acid groups (broad SMARTS) is 1. The number of nitrogens with two attached hydrogens (primary N) is 1. The number of hydrogen-bond donors (Lipinski definition) is 2. The van der Waals surface area contributed by atoms with E-state index < -0.39 is 28.3 Å². The summed E-state index contributed by atoms with van der Waals surface area (Å²) >= 11 is 0. The zero-order valence-corrected chi connectivity index (χ0v) is 42.3. The Labute approximate surface area is 372 Å². The molecular formula is C46H76N4O10Si2. The van der Waals surface area contributed by atoms with Crippen molar-refractivity contribution >= 4 is 45.9 Å². The second-order valence-corrected chi connectivity index (χ2v) is 30.3. The summed E-state index contributed by atoms with van der Waals surface area (Å²) in [4.78, 5) is 46.1. The molecule has 2 aliphatic heterocycles. The van der Waals surface area contributed by atoms with Crippen LogP contribution in [0.15, 0.2) is 24.3 Å². The van der Waals surface area contributed by atoms with Crippen LogP contribution in [0.5, 0.6) is 23.0 Å². The Morgan fingerprint density at radius 1 is 0.694 bits per heavy atom. The summed E-state index contributed by atoms with van der Waals surface area (Å²) in [5.74, 6) is 0.908. The van der Waals surface area contributed by atoms with E-state index in [0.29, 0.717) is 55.5 Å². The lowest BCUT2D eigenvalue weighted by Gasteiger charge is -2.38. The first-order valence-corrected chi connectivity index (χ1v) is 27.8. The number of methoxy groups -OCH3 is 2. The van der Waals surface area contributed by atoms with Gasteiger partial charge in [0, 0.05) is 42.9 Å². The molecule has 0 bridgehead atoms. The summed E-state index contributed by atoms with van der Waals surface area (Å²) in [6.45, 7) is 29.8. The second kappa shape index (κ2) is 19.8. The summed E-state index contributed by atoms with van der Waals surface area (Å²) in [6, 6.07) is 6.25. The molecule has 2 saturated heterocycles. The zero-order valence-electron chi connectivity index (χ0n) is 40.3. The summed E-state index contributed by atoms with van der Waals surface area (Å²) in [6.07, 6.45) is 2.60. The second-order valence-electron chi connectivity index (χ2n) is 20.7. The molecule has 0 aromatic heterocycles. The third-order valence-electron chi connectivity index (χ3n) is 13.1. The summed E-state index contributed by atoms with van der Waals surface area (Å²) in [5, 5.41) is 10.6. The van der Waals surface area contributed by atoms with Crippen LogP contribution in [0.3, 0.4) is 0 Å². The molecule has 2 atom stereocenters. The molecule has 16 heteroatoms. The van der Waals surface area contributed by atoms with E-state index in [1.165, 1.54) is 19.1 Å². The van der Waals surface area contributed by atoms with Gasteiger partial charge in [-0.25, -0.2) is 4.79 Å². The Balaban J connectivity index is 1.49. The highest BCUT2D eigenvalue weighted by Crippen LogP contribution is 2.42. The third kappa shape index (κ3) is 11.8. The molecular weight excluding hydrogens is 825 g/mol. The average Bonchev–Trinajstić information content (AvgIpc) is 3.84. The van der Waals surface area contributed by atoms with E-state index in [0.717, 1.165) is 25.7 Å². The van der Waals surface area contributed by atoms with Gasteiger partial charge >= 0.3 is 6.09 Å². The van der Waals surface area contributed by atoms with Crippen LogP contribution in [0, 0.1) is 0 Å². The Bertz CT molecular complexity index is 1900. The first-order valence-electron chi connectivity index (χ1n) is 22.0. The van der Waals surface area contributed by atoms with Gasteiger partial charge in [0.1, 0.15) is 0 Å². The third-order valence-corrected chi connectivity index (χ3v) is 22.1. The normalized spacial score (nSPS) is 17.6. The number of ether oxygens (including phenoxy) is 4. The molecule has 3 amide bonds. The average molecular weight is 901 g/mol. The Morgan fingerprint density at radius 2 is 1.11 bits per heavy atom. The number of nitrogens with zero attached hydrogens (tertiary/aromatic N) is 3. The van der Waals surface area contributed by atoms with E-state index in [2.05, 4.69) is 67.7 Å². The van der Waals surface area contributed by atoms with Gasteiger partial charge in [-0.2, -0.15) is 0 Å². The molecule has 3 N–H and O–H groups in total. The molecule has 0 aliphatic carbocycles. The van der Waals surface area contributed by atoms with Crippen LogP contribution in [-0.2, 0) is 8.85 Å². The fourth-order valence-electron chi connectivity index (χ4n) is 7.29. The van der Waals surface area contributed by atoms with E-state index in [9.17, 15) is 19.5 Å². The number of carbonyl (C=O) groups excluding carboxylic acids is 2. The number of nitrogen functional groups attached to an aromatic ring is 1. The maximum atomic E-state index is 14.5. The lowest BCUT2D eigenvalue weighted by Crippen LogP contribution is -2.48. The number of carbonyl (C=O) groups is 3. The van der Waals surface area contributed by atoms with Crippen LogP contribution in [-0.4, -0.2) is 121 Å². The van der Waals surface area contributed by atoms with Crippen LogP contribution in [0.2, 0.25) is 36.3 Å².